The fourth-order valence-electron chi connectivity index (χ4n) is 1.51. The minimum atomic E-state index is -0.274. The summed E-state index contributed by atoms with van der Waals surface area (Å²) in [4.78, 5) is 13.8. The zero-order valence-corrected chi connectivity index (χ0v) is 9.18. The lowest BCUT2D eigenvalue weighted by atomic mass is 10.2. The molecule has 1 amide bonds. The number of ether oxygens (including phenoxy) is 1. The molecule has 4 nitrogen and oxygen atoms in total. The standard InChI is InChI=1S/C9H16N2O2S/c1-2-11(6-8(10)14)9(12)7-4-3-5-13-7/h7H,2-6H2,1H3,(H2,10,14). The number of nitrogens with zero attached hydrogens (tertiary/aromatic N) is 1. The van der Waals surface area contributed by atoms with E-state index in [1.165, 1.54) is 0 Å². The summed E-state index contributed by atoms with van der Waals surface area (Å²) in [6, 6.07) is 0. The summed E-state index contributed by atoms with van der Waals surface area (Å²) < 4.78 is 5.30. The van der Waals surface area contributed by atoms with Gasteiger partial charge in [-0.2, -0.15) is 0 Å². The van der Waals surface area contributed by atoms with E-state index < -0.39 is 0 Å². The third-order valence-electron chi connectivity index (χ3n) is 2.25. The molecule has 80 valence electrons. The lowest BCUT2D eigenvalue weighted by Crippen LogP contribution is -2.42. The molecule has 0 aliphatic carbocycles. The van der Waals surface area contributed by atoms with Gasteiger partial charge in [0.2, 0.25) is 0 Å². The summed E-state index contributed by atoms with van der Waals surface area (Å²) in [6.07, 6.45) is 1.50. The predicted octanol–water partition coefficient (Wildman–Crippen LogP) is 0.300. The summed E-state index contributed by atoms with van der Waals surface area (Å²) in [5, 5.41) is 0. The van der Waals surface area contributed by atoms with Crippen molar-refractivity contribution < 1.29 is 9.53 Å². The fraction of sp³-hybridized carbons (Fsp3) is 0.778. The number of carbonyl (C=O) groups excluding carboxylic acids is 1. The smallest absolute Gasteiger partial charge is 0.252 e. The van der Waals surface area contributed by atoms with Gasteiger partial charge in [-0.05, 0) is 19.8 Å². The number of amides is 1. The second-order valence-electron chi connectivity index (χ2n) is 3.32. The van der Waals surface area contributed by atoms with Crippen LogP contribution in [0.4, 0.5) is 0 Å². The van der Waals surface area contributed by atoms with Gasteiger partial charge in [0.15, 0.2) is 0 Å². The highest BCUT2D eigenvalue weighted by Gasteiger charge is 2.27. The van der Waals surface area contributed by atoms with Gasteiger partial charge >= 0.3 is 0 Å². The molecule has 0 aromatic heterocycles. The zero-order valence-electron chi connectivity index (χ0n) is 8.36. The van der Waals surface area contributed by atoms with Gasteiger partial charge in [-0.3, -0.25) is 4.79 Å². The number of carbonyl (C=O) groups is 1. The Balaban J connectivity index is 2.50. The highest BCUT2D eigenvalue weighted by Crippen LogP contribution is 2.14. The third-order valence-corrected chi connectivity index (χ3v) is 2.37. The number of hydrogen-bond acceptors (Lipinski definition) is 3. The molecule has 1 atom stereocenters. The van der Waals surface area contributed by atoms with Gasteiger partial charge in [-0.1, -0.05) is 12.2 Å². The van der Waals surface area contributed by atoms with Crippen molar-refractivity contribution in [2.45, 2.75) is 25.9 Å². The van der Waals surface area contributed by atoms with Crippen LogP contribution in [0.3, 0.4) is 0 Å². The van der Waals surface area contributed by atoms with Crippen molar-refractivity contribution >= 4 is 23.1 Å². The lowest BCUT2D eigenvalue weighted by molar-refractivity contribution is -0.139. The molecule has 1 fully saturated rings. The molecular formula is C9H16N2O2S. The van der Waals surface area contributed by atoms with Crippen LogP contribution in [0.1, 0.15) is 19.8 Å². The van der Waals surface area contributed by atoms with Crippen molar-refractivity contribution in [1.82, 2.24) is 4.90 Å². The normalized spacial score (nSPS) is 20.8. The molecule has 1 rings (SSSR count). The van der Waals surface area contributed by atoms with E-state index in [4.69, 9.17) is 22.7 Å². The summed E-state index contributed by atoms with van der Waals surface area (Å²) in [6.45, 7) is 3.56. The van der Waals surface area contributed by atoms with Crippen LogP contribution >= 0.6 is 12.2 Å². The molecule has 0 aromatic carbocycles. The summed E-state index contributed by atoms with van der Waals surface area (Å²) in [7, 11) is 0. The Morgan fingerprint density at radius 2 is 2.43 bits per heavy atom. The number of rotatable bonds is 4. The van der Waals surface area contributed by atoms with E-state index >= 15 is 0 Å². The van der Waals surface area contributed by atoms with Crippen molar-refractivity contribution in [2.75, 3.05) is 19.7 Å². The molecule has 14 heavy (non-hydrogen) atoms. The van der Waals surface area contributed by atoms with E-state index in [0.717, 1.165) is 12.8 Å². The Morgan fingerprint density at radius 3 is 2.86 bits per heavy atom. The van der Waals surface area contributed by atoms with Crippen LogP contribution in [0, 0.1) is 0 Å². The Hall–Kier alpha value is -0.680. The molecule has 1 saturated heterocycles. The van der Waals surface area contributed by atoms with Crippen LogP contribution in [-0.4, -0.2) is 41.6 Å². The first-order chi connectivity index (χ1) is 6.65. The van der Waals surface area contributed by atoms with Crippen molar-refractivity contribution in [3.05, 3.63) is 0 Å². The SMILES string of the molecule is CCN(CC(N)=S)C(=O)C1CCCO1. The zero-order chi connectivity index (χ0) is 10.6. The van der Waals surface area contributed by atoms with Gasteiger partial charge in [0.1, 0.15) is 6.10 Å². The predicted molar refractivity (Wildman–Crippen MR) is 58.0 cm³/mol. The van der Waals surface area contributed by atoms with Crippen LogP contribution in [-0.2, 0) is 9.53 Å². The number of thiocarbonyl (C=S) groups is 1. The molecule has 0 spiro atoms. The van der Waals surface area contributed by atoms with Gasteiger partial charge in [-0.25, -0.2) is 0 Å². The molecular weight excluding hydrogens is 200 g/mol. The molecule has 0 radical (unpaired) electrons. The van der Waals surface area contributed by atoms with E-state index in [-0.39, 0.29) is 12.0 Å². The van der Waals surface area contributed by atoms with Crippen LogP contribution < -0.4 is 5.73 Å². The molecule has 1 aliphatic rings. The summed E-state index contributed by atoms with van der Waals surface area (Å²) >= 11 is 4.78. The number of hydrogen-bond donors (Lipinski definition) is 1. The molecule has 5 heteroatoms. The largest absolute Gasteiger partial charge is 0.392 e. The van der Waals surface area contributed by atoms with Gasteiger partial charge < -0.3 is 15.4 Å². The van der Waals surface area contributed by atoms with Gasteiger partial charge in [0, 0.05) is 13.2 Å². The topological polar surface area (TPSA) is 55.6 Å². The first-order valence-corrected chi connectivity index (χ1v) is 5.24. The fourth-order valence-corrected chi connectivity index (χ4v) is 1.67. The number of nitrogens with two attached hydrogens (primary N) is 1. The maximum atomic E-state index is 11.8. The van der Waals surface area contributed by atoms with E-state index in [2.05, 4.69) is 0 Å². The summed E-state index contributed by atoms with van der Waals surface area (Å²) in [5.41, 5.74) is 5.40. The highest BCUT2D eigenvalue weighted by atomic mass is 32.1. The van der Waals surface area contributed by atoms with Crippen LogP contribution in [0.25, 0.3) is 0 Å². The molecule has 2 N–H and O–H groups in total. The molecule has 0 saturated carbocycles. The second kappa shape index (κ2) is 5.26. The van der Waals surface area contributed by atoms with Gasteiger partial charge in [0.25, 0.3) is 5.91 Å². The van der Waals surface area contributed by atoms with E-state index in [1.807, 2.05) is 6.92 Å². The van der Waals surface area contributed by atoms with E-state index in [9.17, 15) is 4.79 Å². The van der Waals surface area contributed by atoms with Crippen molar-refractivity contribution in [2.24, 2.45) is 5.73 Å². The van der Waals surface area contributed by atoms with Crippen molar-refractivity contribution in [1.29, 1.82) is 0 Å². The molecule has 1 heterocycles. The maximum absolute atomic E-state index is 11.8. The summed E-state index contributed by atoms with van der Waals surface area (Å²) in [5.74, 6) is 0.0119. The molecule has 0 bridgehead atoms. The molecule has 1 aliphatic heterocycles. The Kier molecular flexibility index (Phi) is 4.28. The molecule has 0 aromatic rings. The highest BCUT2D eigenvalue weighted by molar-refractivity contribution is 7.80. The first-order valence-electron chi connectivity index (χ1n) is 4.83. The van der Waals surface area contributed by atoms with Gasteiger partial charge in [0.05, 0.1) is 11.5 Å². The minimum Gasteiger partial charge on any atom is -0.392 e. The quantitative estimate of drug-likeness (QED) is 0.687. The second-order valence-corrected chi connectivity index (χ2v) is 3.84. The van der Waals surface area contributed by atoms with Crippen LogP contribution in [0.5, 0.6) is 0 Å². The third kappa shape index (κ3) is 2.92. The lowest BCUT2D eigenvalue weighted by Gasteiger charge is -2.22. The van der Waals surface area contributed by atoms with Crippen molar-refractivity contribution in [3.8, 4) is 0 Å². The van der Waals surface area contributed by atoms with Gasteiger partial charge in [-0.15, -0.1) is 0 Å². The van der Waals surface area contributed by atoms with Crippen LogP contribution in [0.2, 0.25) is 0 Å². The average Bonchev–Trinajstić information content (AvgIpc) is 2.65. The minimum absolute atomic E-state index is 0.0119. The van der Waals surface area contributed by atoms with Crippen molar-refractivity contribution in [3.63, 3.8) is 0 Å². The monoisotopic (exact) mass is 216 g/mol. The Morgan fingerprint density at radius 1 is 1.71 bits per heavy atom. The van der Waals surface area contributed by atoms with E-state index in [0.29, 0.717) is 24.7 Å². The number of likely N-dealkylation sites (N-methyl/N-ethyl adjacent to an activating group) is 1. The average molecular weight is 216 g/mol. The Bertz CT molecular complexity index is 227. The molecule has 1 unspecified atom stereocenters. The maximum Gasteiger partial charge on any atom is 0.252 e. The van der Waals surface area contributed by atoms with E-state index in [1.54, 1.807) is 4.90 Å². The first kappa shape index (κ1) is 11.4. The Labute approximate surface area is 89.4 Å². The van der Waals surface area contributed by atoms with Crippen LogP contribution in [0.15, 0.2) is 0 Å².